The normalized spacial score (nSPS) is 11.9. The van der Waals surface area contributed by atoms with Gasteiger partial charge in [0, 0.05) is 23.2 Å². The number of hydrogen-bond acceptors (Lipinski definition) is 3. The molecule has 1 aromatic heterocycles. The van der Waals surface area contributed by atoms with Gasteiger partial charge in [0.25, 0.3) is 0 Å². The van der Waals surface area contributed by atoms with E-state index in [1.807, 2.05) is 36.7 Å². The molecule has 3 aromatic rings. The van der Waals surface area contributed by atoms with E-state index >= 15 is 0 Å². The van der Waals surface area contributed by atoms with Crippen LogP contribution in [0.15, 0.2) is 42.6 Å². The zero-order chi connectivity index (χ0) is 20.6. The summed E-state index contributed by atoms with van der Waals surface area (Å²) in [7, 11) is -3.45. The molecule has 0 amide bonds. The summed E-state index contributed by atoms with van der Waals surface area (Å²) in [6, 6.07) is 11.8. The van der Waals surface area contributed by atoms with Gasteiger partial charge in [0.1, 0.15) is 11.9 Å². The van der Waals surface area contributed by atoms with Crippen LogP contribution in [0, 0.1) is 17.1 Å². The Labute approximate surface area is 164 Å². The first kappa shape index (κ1) is 19.9. The third-order valence-electron chi connectivity index (χ3n) is 4.67. The predicted octanol–water partition coefficient (Wildman–Crippen LogP) is 5.05. The molecule has 0 aliphatic heterocycles. The Balaban J connectivity index is 2.16. The average molecular weight is 399 g/mol. The van der Waals surface area contributed by atoms with Crippen LogP contribution in [0.4, 0.5) is 10.1 Å². The van der Waals surface area contributed by atoms with Crippen molar-refractivity contribution in [3.63, 3.8) is 0 Å². The van der Waals surface area contributed by atoms with E-state index in [2.05, 4.69) is 4.72 Å². The number of rotatable bonds is 5. The second-order valence-electron chi connectivity index (χ2n) is 7.28. The molecule has 0 unspecified atom stereocenters. The molecule has 1 N–H and O–H groups in total. The van der Waals surface area contributed by atoms with Gasteiger partial charge >= 0.3 is 0 Å². The molecule has 0 radical (unpaired) electrons. The van der Waals surface area contributed by atoms with Gasteiger partial charge in [0.2, 0.25) is 10.0 Å². The number of nitrogens with one attached hydrogen (secondary N) is 1. The lowest BCUT2D eigenvalue weighted by Gasteiger charge is -2.13. The molecule has 0 bridgehead atoms. The molecule has 0 aliphatic carbocycles. The van der Waals surface area contributed by atoms with Crippen LogP contribution in [0.25, 0.3) is 22.0 Å². The maximum atomic E-state index is 14.1. The summed E-state index contributed by atoms with van der Waals surface area (Å²) in [5.74, 6) is -0.563. The van der Waals surface area contributed by atoms with Gasteiger partial charge in [-0.3, -0.25) is 4.72 Å². The van der Waals surface area contributed by atoms with Gasteiger partial charge in [-0.2, -0.15) is 5.26 Å². The molecule has 5 nitrogen and oxygen atoms in total. The zero-order valence-corrected chi connectivity index (χ0v) is 17.0. The van der Waals surface area contributed by atoms with E-state index < -0.39 is 21.1 Å². The molecule has 1 heterocycles. The first-order valence-electron chi connectivity index (χ1n) is 9.00. The standard InChI is InChI=1S/C21H22FN3O2S/c1-13(2)25-12-19(15-5-6-16(11-23)20(22)9-15)18-8-7-17(10-21(18)25)24-28(26,27)14(3)4/h5-10,12-14,24H,1-4H3. The Kier molecular flexibility index (Phi) is 5.18. The largest absolute Gasteiger partial charge is 0.344 e. The molecule has 0 atom stereocenters. The van der Waals surface area contributed by atoms with Crippen molar-refractivity contribution >= 4 is 26.6 Å². The summed E-state index contributed by atoms with van der Waals surface area (Å²) in [5, 5.41) is 9.28. The van der Waals surface area contributed by atoms with E-state index in [1.54, 1.807) is 32.0 Å². The number of benzene rings is 2. The summed E-state index contributed by atoms with van der Waals surface area (Å²) in [5.41, 5.74) is 2.82. The highest BCUT2D eigenvalue weighted by atomic mass is 32.2. The third kappa shape index (κ3) is 3.60. The topological polar surface area (TPSA) is 74.9 Å². The SMILES string of the molecule is CC(C)n1cc(-c2ccc(C#N)c(F)c2)c2ccc(NS(=O)(=O)C(C)C)cc21. The average Bonchev–Trinajstić information content (AvgIpc) is 3.00. The molecule has 7 heteroatoms. The number of fused-ring (bicyclic) bond motifs is 1. The molecule has 0 aliphatic rings. The maximum Gasteiger partial charge on any atom is 0.235 e. The van der Waals surface area contributed by atoms with Crippen LogP contribution in [0.1, 0.15) is 39.3 Å². The number of nitriles is 1. The van der Waals surface area contributed by atoms with Crippen molar-refractivity contribution in [2.75, 3.05) is 4.72 Å². The van der Waals surface area contributed by atoms with Crippen LogP contribution in [-0.4, -0.2) is 18.2 Å². The Hall–Kier alpha value is -2.85. The van der Waals surface area contributed by atoms with Gasteiger partial charge in [0.05, 0.1) is 22.0 Å². The minimum absolute atomic E-state index is 0.00160. The van der Waals surface area contributed by atoms with E-state index in [1.165, 1.54) is 12.1 Å². The maximum absolute atomic E-state index is 14.1. The summed E-state index contributed by atoms with van der Waals surface area (Å²) >= 11 is 0. The minimum atomic E-state index is -3.45. The predicted molar refractivity (Wildman–Crippen MR) is 110 cm³/mol. The molecule has 28 heavy (non-hydrogen) atoms. The van der Waals surface area contributed by atoms with E-state index in [0.717, 1.165) is 16.5 Å². The van der Waals surface area contributed by atoms with Gasteiger partial charge in [-0.15, -0.1) is 0 Å². The van der Waals surface area contributed by atoms with E-state index in [9.17, 15) is 12.8 Å². The number of halogens is 1. The van der Waals surface area contributed by atoms with Crippen LogP contribution < -0.4 is 4.72 Å². The lowest BCUT2D eigenvalue weighted by atomic mass is 10.0. The summed E-state index contributed by atoms with van der Waals surface area (Å²) in [6.45, 7) is 7.28. The first-order valence-corrected chi connectivity index (χ1v) is 10.5. The Morgan fingerprint density at radius 1 is 1.11 bits per heavy atom. The molecule has 146 valence electrons. The van der Waals surface area contributed by atoms with Crippen molar-refractivity contribution in [2.45, 2.75) is 39.0 Å². The highest BCUT2D eigenvalue weighted by molar-refractivity contribution is 7.93. The van der Waals surface area contributed by atoms with Gasteiger partial charge < -0.3 is 4.57 Å². The van der Waals surface area contributed by atoms with E-state index in [-0.39, 0.29) is 11.6 Å². The van der Waals surface area contributed by atoms with Crippen LogP contribution in [0.2, 0.25) is 0 Å². The fourth-order valence-electron chi connectivity index (χ4n) is 3.03. The Bertz CT molecular complexity index is 1190. The Morgan fingerprint density at radius 3 is 2.39 bits per heavy atom. The van der Waals surface area contributed by atoms with E-state index in [4.69, 9.17) is 5.26 Å². The van der Waals surface area contributed by atoms with Crippen molar-refractivity contribution in [1.29, 1.82) is 5.26 Å². The number of aromatic nitrogens is 1. The van der Waals surface area contributed by atoms with Crippen molar-refractivity contribution < 1.29 is 12.8 Å². The molecule has 0 saturated carbocycles. The van der Waals surface area contributed by atoms with Gasteiger partial charge in [-0.25, -0.2) is 12.8 Å². The molecule has 0 spiro atoms. The summed E-state index contributed by atoms with van der Waals surface area (Å²) in [4.78, 5) is 0. The van der Waals surface area contributed by atoms with Gasteiger partial charge in [0.15, 0.2) is 0 Å². The number of hydrogen-bond donors (Lipinski definition) is 1. The van der Waals surface area contributed by atoms with Crippen molar-refractivity contribution in [3.05, 3.63) is 54.0 Å². The van der Waals surface area contributed by atoms with E-state index in [0.29, 0.717) is 11.3 Å². The quantitative estimate of drug-likeness (QED) is 0.652. The van der Waals surface area contributed by atoms with Crippen LogP contribution >= 0.6 is 0 Å². The summed E-state index contributed by atoms with van der Waals surface area (Å²) < 4.78 is 43.1. The monoisotopic (exact) mass is 399 g/mol. The molecule has 2 aromatic carbocycles. The highest BCUT2D eigenvalue weighted by Gasteiger charge is 2.18. The lowest BCUT2D eigenvalue weighted by molar-refractivity contribution is 0.593. The fraction of sp³-hybridized carbons (Fsp3) is 0.286. The first-order chi connectivity index (χ1) is 13.1. The second kappa shape index (κ2) is 7.28. The van der Waals surface area contributed by atoms with Gasteiger partial charge in [-0.1, -0.05) is 12.1 Å². The zero-order valence-electron chi connectivity index (χ0n) is 16.2. The molecule has 0 fully saturated rings. The van der Waals surface area contributed by atoms with Crippen LogP contribution in [0.5, 0.6) is 0 Å². The molecular weight excluding hydrogens is 377 g/mol. The fourth-order valence-corrected chi connectivity index (χ4v) is 3.72. The number of sulfonamides is 1. The van der Waals surface area contributed by atoms with Crippen LogP contribution in [0.3, 0.4) is 0 Å². The minimum Gasteiger partial charge on any atom is -0.344 e. The smallest absolute Gasteiger partial charge is 0.235 e. The second-order valence-corrected chi connectivity index (χ2v) is 9.51. The molecule has 3 rings (SSSR count). The van der Waals surface area contributed by atoms with Crippen LogP contribution in [-0.2, 0) is 10.0 Å². The summed E-state index contributed by atoms with van der Waals surface area (Å²) in [6.07, 6.45) is 1.93. The molecule has 0 saturated heterocycles. The Morgan fingerprint density at radius 2 is 1.82 bits per heavy atom. The number of nitrogens with zero attached hydrogens (tertiary/aromatic N) is 2. The third-order valence-corrected chi connectivity index (χ3v) is 6.43. The number of anilines is 1. The molecular formula is C21H22FN3O2S. The lowest BCUT2D eigenvalue weighted by Crippen LogP contribution is -2.22. The van der Waals surface area contributed by atoms with Crippen molar-refractivity contribution in [3.8, 4) is 17.2 Å². The van der Waals surface area contributed by atoms with Crippen molar-refractivity contribution in [1.82, 2.24) is 4.57 Å². The van der Waals surface area contributed by atoms with Gasteiger partial charge in [-0.05, 0) is 57.5 Å². The highest BCUT2D eigenvalue weighted by Crippen LogP contribution is 2.35. The van der Waals surface area contributed by atoms with Crippen molar-refractivity contribution in [2.24, 2.45) is 0 Å².